The number of nitrogens with two attached hydrogens (primary N) is 1. The lowest BCUT2D eigenvalue weighted by Gasteiger charge is -2.31. The van der Waals surface area contributed by atoms with Crippen LogP contribution in [0.3, 0.4) is 0 Å². The molecule has 0 bridgehead atoms. The van der Waals surface area contributed by atoms with Crippen LogP contribution in [0.4, 0.5) is 0 Å². The number of hydrogen-bond donors (Lipinski definition) is 1. The summed E-state index contributed by atoms with van der Waals surface area (Å²) in [5.74, 6) is 0.940. The van der Waals surface area contributed by atoms with Crippen LogP contribution in [0, 0.1) is 0 Å². The third kappa shape index (κ3) is 2.97. The fraction of sp³-hybridized carbons (Fsp3) is 0.625. The van der Waals surface area contributed by atoms with E-state index >= 15 is 0 Å². The van der Waals surface area contributed by atoms with Crippen LogP contribution < -0.4 is 10.5 Å². The molecule has 1 unspecified atom stereocenters. The summed E-state index contributed by atoms with van der Waals surface area (Å²) >= 11 is 0. The van der Waals surface area contributed by atoms with Crippen molar-refractivity contribution in [2.24, 2.45) is 5.73 Å². The van der Waals surface area contributed by atoms with Gasteiger partial charge in [0.25, 0.3) is 0 Å². The number of hydrogen-bond acceptors (Lipinski definition) is 4. The minimum atomic E-state index is 0.180. The van der Waals surface area contributed by atoms with Gasteiger partial charge in [0.1, 0.15) is 18.5 Å². The van der Waals surface area contributed by atoms with E-state index in [1.54, 1.807) is 0 Å². The van der Waals surface area contributed by atoms with E-state index in [0.29, 0.717) is 6.61 Å². The standard InChI is InChI=1S/C16H24N2O2/c1-2-18-7-8-19-14(10-18)11-20-13-4-5-15-12(9-13)3-6-16(15)17/h4-5,9,14,16H,2-3,6-8,10-11,17H2,1H3/t14?,16-/m1/s1. The van der Waals surface area contributed by atoms with Gasteiger partial charge in [-0.15, -0.1) is 0 Å². The molecular formula is C16H24N2O2. The van der Waals surface area contributed by atoms with E-state index in [9.17, 15) is 0 Å². The van der Waals surface area contributed by atoms with E-state index in [1.807, 2.05) is 6.07 Å². The first-order chi connectivity index (χ1) is 9.76. The second kappa shape index (κ2) is 6.12. The van der Waals surface area contributed by atoms with Crippen molar-refractivity contribution in [2.75, 3.05) is 32.8 Å². The summed E-state index contributed by atoms with van der Waals surface area (Å²) in [6.07, 6.45) is 2.30. The predicted octanol–water partition coefficient (Wildman–Crippen LogP) is 1.73. The lowest BCUT2D eigenvalue weighted by molar-refractivity contribution is -0.0464. The molecule has 1 heterocycles. The van der Waals surface area contributed by atoms with Crippen molar-refractivity contribution in [2.45, 2.75) is 31.9 Å². The quantitative estimate of drug-likeness (QED) is 0.910. The van der Waals surface area contributed by atoms with Crippen LogP contribution in [0.2, 0.25) is 0 Å². The Morgan fingerprint density at radius 1 is 1.45 bits per heavy atom. The zero-order valence-corrected chi connectivity index (χ0v) is 12.2. The van der Waals surface area contributed by atoms with Crippen LogP contribution in [0.15, 0.2) is 18.2 Å². The Kier molecular flexibility index (Phi) is 4.24. The number of likely N-dealkylation sites (N-methyl/N-ethyl adjacent to an activating group) is 1. The van der Waals surface area contributed by atoms with Gasteiger partial charge in [-0.2, -0.15) is 0 Å². The highest BCUT2D eigenvalue weighted by Crippen LogP contribution is 2.31. The van der Waals surface area contributed by atoms with Gasteiger partial charge in [-0.05, 0) is 42.6 Å². The van der Waals surface area contributed by atoms with Crippen molar-refractivity contribution in [3.8, 4) is 5.75 Å². The maximum absolute atomic E-state index is 6.05. The molecule has 20 heavy (non-hydrogen) atoms. The largest absolute Gasteiger partial charge is 0.491 e. The maximum Gasteiger partial charge on any atom is 0.119 e. The molecule has 3 rings (SSSR count). The summed E-state index contributed by atoms with van der Waals surface area (Å²) in [6.45, 7) is 6.70. The number of fused-ring (bicyclic) bond motifs is 1. The first kappa shape index (κ1) is 13.9. The molecule has 1 fully saturated rings. The minimum absolute atomic E-state index is 0.180. The molecule has 1 aliphatic heterocycles. The highest BCUT2D eigenvalue weighted by molar-refractivity contribution is 5.40. The summed E-state index contributed by atoms with van der Waals surface area (Å²) in [6, 6.07) is 6.49. The highest BCUT2D eigenvalue weighted by atomic mass is 16.5. The number of morpholine rings is 1. The van der Waals surface area contributed by atoms with E-state index in [1.165, 1.54) is 11.1 Å². The van der Waals surface area contributed by atoms with Crippen LogP contribution in [-0.2, 0) is 11.2 Å². The van der Waals surface area contributed by atoms with Crippen molar-refractivity contribution in [3.05, 3.63) is 29.3 Å². The Morgan fingerprint density at radius 3 is 3.20 bits per heavy atom. The normalized spacial score (nSPS) is 26.5. The Hall–Kier alpha value is -1.10. The van der Waals surface area contributed by atoms with Crippen molar-refractivity contribution >= 4 is 0 Å². The molecule has 1 aliphatic carbocycles. The first-order valence-corrected chi connectivity index (χ1v) is 7.61. The lowest BCUT2D eigenvalue weighted by Crippen LogP contribution is -2.44. The molecule has 0 spiro atoms. The fourth-order valence-electron chi connectivity index (χ4n) is 3.07. The zero-order valence-electron chi connectivity index (χ0n) is 12.2. The minimum Gasteiger partial charge on any atom is -0.491 e. The molecule has 0 aromatic heterocycles. The molecule has 0 saturated carbocycles. The van der Waals surface area contributed by atoms with E-state index < -0.39 is 0 Å². The summed E-state index contributed by atoms with van der Waals surface area (Å²) in [5.41, 5.74) is 8.67. The second-order valence-electron chi connectivity index (χ2n) is 5.70. The molecule has 2 atom stereocenters. The predicted molar refractivity (Wildman–Crippen MR) is 79.0 cm³/mol. The SMILES string of the molecule is CCN1CCOC(COc2ccc3c(c2)CC[C@H]3N)C1. The van der Waals surface area contributed by atoms with Gasteiger partial charge < -0.3 is 15.2 Å². The van der Waals surface area contributed by atoms with Crippen molar-refractivity contribution in [1.82, 2.24) is 4.90 Å². The van der Waals surface area contributed by atoms with Crippen LogP contribution in [0.1, 0.15) is 30.5 Å². The average molecular weight is 276 g/mol. The van der Waals surface area contributed by atoms with Gasteiger partial charge >= 0.3 is 0 Å². The molecule has 1 aromatic carbocycles. The highest BCUT2D eigenvalue weighted by Gasteiger charge is 2.21. The molecule has 0 amide bonds. The van der Waals surface area contributed by atoms with Gasteiger partial charge in [0.2, 0.25) is 0 Å². The van der Waals surface area contributed by atoms with Crippen LogP contribution >= 0.6 is 0 Å². The van der Waals surface area contributed by atoms with E-state index in [-0.39, 0.29) is 12.1 Å². The molecule has 4 nitrogen and oxygen atoms in total. The monoisotopic (exact) mass is 276 g/mol. The summed E-state index contributed by atoms with van der Waals surface area (Å²) in [4.78, 5) is 2.40. The number of rotatable bonds is 4. The average Bonchev–Trinajstić information content (AvgIpc) is 2.86. The van der Waals surface area contributed by atoms with Gasteiger partial charge in [-0.3, -0.25) is 4.90 Å². The summed E-state index contributed by atoms with van der Waals surface area (Å²) < 4.78 is 11.7. The van der Waals surface area contributed by atoms with Gasteiger partial charge in [-0.25, -0.2) is 0 Å². The fourth-order valence-corrected chi connectivity index (χ4v) is 3.07. The number of aryl methyl sites for hydroxylation is 1. The van der Waals surface area contributed by atoms with Gasteiger partial charge in [0, 0.05) is 19.1 Å². The molecule has 2 N–H and O–H groups in total. The molecule has 1 saturated heterocycles. The molecule has 1 aromatic rings. The number of nitrogens with zero attached hydrogens (tertiary/aromatic N) is 1. The van der Waals surface area contributed by atoms with E-state index in [2.05, 4.69) is 24.0 Å². The molecule has 110 valence electrons. The topological polar surface area (TPSA) is 47.7 Å². The van der Waals surface area contributed by atoms with Crippen LogP contribution in [-0.4, -0.2) is 43.9 Å². The van der Waals surface area contributed by atoms with E-state index in [0.717, 1.165) is 44.8 Å². The van der Waals surface area contributed by atoms with Crippen LogP contribution in [0.25, 0.3) is 0 Å². The third-order valence-electron chi connectivity index (χ3n) is 4.34. The Morgan fingerprint density at radius 2 is 2.35 bits per heavy atom. The molecule has 2 aliphatic rings. The van der Waals surface area contributed by atoms with E-state index in [4.69, 9.17) is 15.2 Å². The number of benzene rings is 1. The van der Waals surface area contributed by atoms with Crippen LogP contribution in [0.5, 0.6) is 5.75 Å². The Labute approximate surface area is 120 Å². The Bertz CT molecular complexity index is 464. The smallest absolute Gasteiger partial charge is 0.119 e. The zero-order chi connectivity index (χ0) is 13.9. The van der Waals surface area contributed by atoms with Gasteiger partial charge in [0.15, 0.2) is 0 Å². The Balaban J connectivity index is 1.56. The van der Waals surface area contributed by atoms with Gasteiger partial charge in [-0.1, -0.05) is 13.0 Å². The molecular weight excluding hydrogens is 252 g/mol. The second-order valence-corrected chi connectivity index (χ2v) is 5.70. The first-order valence-electron chi connectivity index (χ1n) is 7.61. The lowest BCUT2D eigenvalue weighted by atomic mass is 10.1. The third-order valence-corrected chi connectivity index (χ3v) is 4.34. The maximum atomic E-state index is 6.05. The molecule has 4 heteroatoms. The molecule has 0 radical (unpaired) electrons. The summed E-state index contributed by atoms with van der Waals surface area (Å²) in [7, 11) is 0. The number of ether oxygens (including phenoxy) is 2. The van der Waals surface area contributed by atoms with Gasteiger partial charge in [0.05, 0.1) is 6.61 Å². The van der Waals surface area contributed by atoms with Crippen molar-refractivity contribution < 1.29 is 9.47 Å². The van der Waals surface area contributed by atoms with Crippen molar-refractivity contribution in [3.63, 3.8) is 0 Å². The summed E-state index contributed by atoms with van der Waals surface area (Å²) in [5, 5.41) is 0. The van der Waals surface area contributed by atoms with Crippen molar-refractivity contribution in [1.29, 1.82) is 0 Å².